The van der Waals surface area contributed by atoms with Crippen LogP contribution in [0.1, 0.15) is 38.8 Å². The Hall–Kier alpha value is -2.82. The Balaban J connectivity index is 1.73. The van der Waals surface area contributed by atoms with Gasteiger partial charge in [-0.25, -0.2) is 0 Å². The van der Waals surface area contributed by atoms with Crippen molar-refractivity contribution >= 4 is 23.2 Å². The molecule has 148 valence electrons. The summed E-state index contributed by atoms with van der Waals surface area (Å²) in [7, 11) is 0. The average molecular weight is 380 g/mol. The van der Waals surface area contributed by atoms with Gasteiger partial charge in [0.25, 0.3) is 0 Å². The van der Waals surface area contributed by atoms with Crippen molar-refractivity contribution in [1.29, 1.82) is 0 Å². The maximum Gasteiger partial charge on any atom is 0.246 e. The zero-order valence-corrected chi connectivity index (χ0v) is 17.1. The molecule has 1 atom stereocenters. The van der Waals surface area contributed by atoms with E-state index in [1.807, 2.05) is 45.0 Å². The van der Waals surface area contributed by atoms with Crippen LogP contribution in [-0.4, -0.2) is 24.4 Å². The molecule has 0 unspecified atom stereocenters. The number of amides is 2. The molecule has 1 aliphatic rings. The van der Waals surface area contributed by atoms with Gasteiger partial charge in [-0.15, -0.1) is 0 Å². The number of nitrogens with zero attached hydrogens (tertiary/aromatic N) is 1. The molecule has 5 nitrogen and oxygen atoms in total. The molecular weight excluding hydrogens is 350 g/mol. The molecule has 0 saturated carbocycles. The Bertz CT molecular complexity index is 870. The minimum absolute atomic E-state index is 0.143. The quantitative estimate of drug-likeness (QED) is 0.851. The van der Waals surface area contributed by atoms with E-state index in [4.69, 9.17) is 0 Å². The molecule has 0 fully saturated rings. The second-order valence-corrected chi connectivity index (χ2v) is 8.39. The summed E-state index contributed by atoms with van der Waals surface area (Å²) < 4.78 is 0. The van der Waals surface area contributed by atoms with Gasteiger partial charge in [0, 0.05) is 18.5 Å². The molecule has 3 rings (SSSR count). The van der Waals surface area contributed by atoms with Gasteiger partial charge in [-0.2, -0.15) is 0 Å². The summed E-state index contributed by atoms with van der Waals surface area (Å²) in [6.45, 7) is 8.92. The molecule has 2 amide bonds. The van der Waals surface area contributed by atoms with Crippen molar-refractivity contribution in [2.75, 3.05) is 16.8 Å². The van der Waals surface area contributed by atoms with E-state index in [9.17, 15) is 9.59 Å². The fourth-order valence-corrected chi connectivity index (χ4v) is 3.28. The van der Waals surface area contributed by atoms with E-state index in [-0.39, 0.29) is 11.8 Å². The third-order valence-electron chi connectivity index (χ3n) is 5.06. The first-order chi connectivity index (χ1) is 13.3. The summed E-state index contributed by atoms with van der Waals surface area (Å²) in [5.74, 6) is -0.362. The van der Waals surface area contributed by atoms with E-state index >= 15 is 0 Å². The molecule has 2 aromatic rings. The van der Waals surface area contributed by atoms with Gasteiger partial charge in [0.1, 0.15) is 6.04 Å². The molecule has 5 heteroatoms. The lowest BCUT2D eigenvalue weighted by molar-refractivity contribution is -0.131. The topological polar surface area (TPSA) is 61.4 Å². The van der Waals surface area contributed by atoms with Crippen LogP contribution >= 0.6 is 0 Å². The van der Waals surface area contributed by atoms with E-state index in [1.54, 1.807) is 6.92 Å². The fraction of sp³-hybridized carbons (Fsp3) is 0.391. The number of fused-ring (bicyclic) bond motifs is 1. The highest BCUT2D eigenvalue weighted by Crippen LogP contribution is 2.30. The van der Waals surface area contributed by atoms with Gasteiger partial charge in [-0.05, 0) is 36.6 Å². The standard InChI is InChI=1S/C23H29N3O2/c1-16(24-22(28)23(2,3)4)21(27)25-19-11-7-8-12-20(19)26-14-13-17-9-5-6-10-18(17)15-26/h5-12,16H,13-15H2,1-4H3,(H,24,28)(H,25,27)/t16-/m0/s1. The van der Waals surface area contributed by atoms with Crippen molar-refractivity contribution in [3.05, 3.63) is 59.7 Å². The van der Waals surface area contributed by atoms with E-state index in [2.05, 4.69) is 39.8 Å². The number of hydrogen-bond donors (Lipinski definition) is 2. The van der Waals surface area contributed by atoms with Gasteiger partial charge < -0.3 is 15.5 Å². The molecule has 1 aliphatic heterocycles. The molecule has 28 heavy (non-hydrogen) atoms. The predicted molar refractivity (Wildman–Crippen MR) is 113 cm³/mol. The SMILES string of the molecule is C[C@H](NC(=O)C(C)(C)C)C(=O)Nc1ccccc1N1CCc2ccccc2C1. The predicted octanol–water partition coefficient (Wildman–Crippen LogP) is 3.74. The number of anilines is 2. The molecule has 0 radical (unpaired) electrons. The number of carbonyl (C=O) groups is 2. The summed E-state index contributed by atoms with van der Waals surface area (Å²) in [6.07, 6.45) is 0.983. The largest absolute Gasteiger partial charge is 0.365 e. The van der Waals surface area contributed by atoms with Crippen LogP contribution in [-0.2, 0) is 22.6 Å². The van der Waals surface area contributed by atoms with E-state index in [0.717, 1.165) is 30.9 Å². The van der Waals surface area contributed by atoms with Crippen LogP contribution in [0.15, 0.2) is 48.5 Å². The average Bonchev–Trinajstić information content (AvgIpc) is 2.67. The fourth-order valence-electron chi connectivity index (χ4n) is 3.28. The highest BCUT2D eigenvalue weighted by molar-refractivity contribution is 5.99. The highest BCUT2D eigenvalue weighted by Gasteiger charge is 2.26. The van der Waals surface area contributed by atoms with Gasteiger partial charge in [0.15, 0.2) is 0 Å². The van der Waals surface area contributed by atoms with Crippen LogP contribution in [0.4, 0.5) is 11.4 Å². The second kappa shape index (κ2) is 8.05. The lowest BCUT2D eigenvalue weighted by atomic mass is 9.95. The van der Waals surface area contributed by atoms with Crippen LogP contribution in [0.25, 0.3) is 0 Å². The summed E-state index contributed by atoms with van der Waals surface area (Å²) >= 11 is 0. The number of hydrogen-bond acceptors (Lipinski definition) is 3. The third-order valence-corrected chi connectivity index (χ3v) is 5.06. The van der Waals surface area contributed by atoms with Crippen LogP contribution < -0.4 is 15.5 Å². The van der Waals surface area contributed by atoms with E-state index in [0.29, 0.717) is 0 Å². The lowest BCUT2D eigenvalue weighted by Crippen LogP contribution is -2.46. The molecule has 1 heterocycles. The number of carbonyl (C=O) groups excluding carboxylic acids is 2. The van der Waals surface area contributed by atoms with Crippen molar-refractivity contribution in [3.63, 3.8) is 0 Å². The van der Waals surface area contributed by atoms with Gasteiger partial charge in [-0.1, -0.05) is 57.2 Å². The molecule has 0 saturated heterocycles. The monoisotopic (exact) mass is 379 g/mol. The van der Waals surface area contributed by atoms with Gasteiger partial charge in [0.2, 0.25) is 11.8 Å². The van der Waals surface area contributed by atoms with E-state index in [1.165, 1.54) is 11.1 Å². The lowest BCUT2D eigenvalue weighted by Gasteiger charge is -2.32. The number of para-hydroxylation sites is 2. The summed E-state index contributed by atoms with van der Waals surface area (Å²) in [6, 6.07) is 15.7. The number of rotatable bonds is 4. The minimum atomic E-state index is -0.609. The van der Waals surface area contributed by atoms with Crippen LogP contribution in [0.5, 0.6) is 0 Å². The van der Waals surface area contributed by atoms with Crippen molar-refractivity contribution in [3.8, 4) is 0 Å². The van der Waals surface area contributed by atoms with Crippen molar-refractivity contribution in [2.45, 2.75) is 46.7 Å². The molecule has 0 aromatic heterocycles. The van der Waals surface area contributed by atoms with Crippen LogP contribution in [0, 0.1) is 5.41 Å². The van der Waals surface area contributed by atoms with Crippen LogP contribution in [0.3, 0.4) is 0 Å². The molecule has 2 aromatic carbocycles. The van der Waals surface area contributed by atoms with Crippen LogP contribution in [0.2, 0.25) is 0 Å². The first-order valence-electron chi connectivity index (χ1n) is 9.78. The molecule has 0 spiro atoms. The van der Waals surface area contributed by atoms with Crippen molar-refractivity contribution in [2.24, 2.45) is 5.41 Å². The minimum Gasteiger partial charge on any atom is -0.365 e. The summed E-state index contributed by atoms with van der Waals surface area (Å²) in [5, 5.41) is 5.78. The molecule has 0 aliphatic carbocycles. The normalized spacial score (nSPS) is 14.8. The Morgan fingerprint density at radius 3 is 2.36 bits per heavy atom. The highest BCUT2D eigenvalue weighted by atomic mass is 16.2. The number of benzene rings is 2. The molecule has 2 N–H and O–H groups in total. The summed E-state index contributed by atoms with van der Waals surface area (Å²) in [5.41, 5.74) is 3.94. The number of nitrogens with one attached hydrogen (secondary N) is 2. The molecule has 0 bridgehead atoms. The Morgan fingerprint density at radius 2 is 1.64 bits per heavy atom. The van der Waals surface area contributed by atoms with Gasteiger partial charge in [0.05, 0.1) is 11.4 Å². The maximum absolute atomic E-state index is 12.7. The smallest absolute Gasteiger partial charge is 0.246 e. The Labute approximate surface area is 167 Å². The zero-order valence-electron chi connectivity index (χ0n) is 17.1. The molecular formula is C23H29N3O2. The first kappa shape index (κ1) is 19.9. The van der Waals surface area contributed by atoms with Crippen molar-refractivity contribution < 1.29 is 9.59 Å². The maximum atomic E-state index is 12.7. The Morgan fingerprint density at radius 1 is 1.00 bits per heavy atom. The first-order valence-corrected chi connectivity index (χ1v) is 9.78. The zero-order chi connectivity index (χ0) is 20.3. The summed E-state index contributed by atoms with van der Waals surface area (Å²) in [4.78, 5) is 27.1. The second-order valence-electron chi connectivity index (χ2n) is 8.39. The van der Waals surface area contributed by atoms with Gasteiger partial charge >= 0.3 is 0 Å². The van der Waals surface area contributed by atoms with Crippen molar-refractivity contribution in [1.82, 2.24) is 5.32 Å². The van der Waals surface area contributed by atoms with Gasteiger partial charge in [-0.3, -0.25) is 9.59 Å². The van der Waals surface area contributed by atoms with E-state index < -0.39 is 11.5 Å². The Kier molecular flexibility index (Phi) is 5.73. The third kappa shape index (κ3) is 4.53.